The molecular formula is C19H21FN2O3. The van der Waals surface area contributed by atoms with Crippen molar-refractivity contribution in [2.24, 2.45) is 5.73 Å². The number of halogens is 1. The smallest absolute Gasteiger partial charge is 0.260 e. The fraction of sp³-hybridized carbons (Fsp3) is 0.263. The third-order valence-corrected chi connectivity index (χ3v) is 3.99. The molecule has 5 nitrogen and oxygen atoms in total. The van der Waals surface area contributed by atoms with Gasteiger partial charge in [0.1, 0.15) is 11.6 Å². The topological polar surface area (TPSA) is 72.6 Å². The van der Waals surface area contributed by atoms with E-state index in [4.69, 9.17) is 10.5 Å². The van der Waals surface area contributed by atoms with Crippen molar-refractivity contribution in [1.82, 2.24) is 4.90 Å². The van der Waals surface area contributed by atoms with E-state index in [2.05, 4.69) is 0 Å². The third-order valence-electron chi connectivity index (χ3n) is 3.99. The summed E-state index contributed by atoms with van der Waals surface area (Å²) in [5.74, 6) is -0.515. The van der Waals surface area contributed by atoms with Gasteiger partial charge in [-0.05, 0) is 30.7 Å². The highest BCUT2D eigenvalue weighted by Crippen LogP contribution is 2.22. The Labute approximate surface area is 146 Å². The van der Waals surface area contributed by atoms with E-state index in [-0.39, 0.29) is 24.8 Å². The Morgan fingerprint density at radius 1 is 1.16 bits per heavy atom. The summed E-state index contributed by atoms with van der Waals surface area (Å²) in [6.07, 6.45) is 0.155. The molecule has 1 atom stereocenters. The van der Waals surface area contributed by atoms with Gasteiger partial charge in [0.15, 0.2) is 6.61 Å². The van der Waals surface area contributed by atoms with Crippen molar-refractivity contribution in [3.63, 3.8) is 0 Å². The minimum absolute atomic E-state index is 0.155. The maximum atomic E-state index is 13.8. The highest BCUT2D eigenvalue weighted by atomic mass is 19.1. The van der Waals surface area contributed by atoms with Crippen molar-refractivity contribution in [3.05, 3.63) is 65.5 Å². The van der Waals surface area contributed by atoms with Gasteiger partial charge in [0, 0.05) is 12.6 Å². The van der Waals surface area contributed by atoms with Crippen molar-refractivity contribution in [3.8, 4) is 5.75 Å². The molecule has 2 aromatic carbocycles. The number of ether oxygens (including phenoxy) is 1. The number of nitrogens with zero attached hydrogens (tertiary/aromatic N) is 1. The highest BCUT2D eigenvalue weighted by Gasteiger charge is 2.20. The summed E-state index contributed by atoms with van der Waals surface area (Å²) >= 11 is 0. The lowest BCUT2D eigenvalue weighted by Gasteiger charge is -2.25. The highest BCUT2D eigenvalue weighted by molar-refractivity contribution is 5.78. The summed E-state index contributed by atoms with van der Waals surface area (Å²) in [5, 5.41) is 0. The van der Waals surface area contributed by atoms with Crippen LogP contribution in [0.2, 0.25) is 0 Å². The van der Waals surface area contributed by atoms with Crippen molar-refractivity contribution < 1.29 is 18.7 Å². The molecule has 0 aromatic heterocycles. The number of rotatable bonds is 7. The molecule has 0 radical (unpaired) electrons. The molecule has 0 fully saturated rings. The first kappa shape index (κ1) is 18.4. The van der Waals surface area contributed by atoms with Crippen molar-refractivity contribution in [2.75, 3.05) is 13.7 Å². The third kappa shape index (κ3) is 5.04. The van der Waals surface area contributed by atoms with E-state index >= 15 is 0 Å². The zero-order valence-corrected chi connectivity index (χ0v) is 14.2. The molecule has 0 spiro atoms. The molecule has 0 aliphatic heterocycles. The molecule has 6 heteroatoms. The van der Waals surface area contributed by atoms with Crippen LogP contribution in [0.25, 0.3) is 0 Å². The number of hydrogen-bond donors (Lipinski definition) is 1. The number of carbonyl (C=O) groups excluding carboxylic acids is 2. The number of carbonyl (C=O) groups is 2. The summed E-state index contributed by atoms with van der Waals surface area (Å²) in [6.45, 7) is 1.60. The molecule has 2 amide bonds. The summed E-state index contributed by atoms with van der Waals surface area (Å²) in [6, 6.07) is 12.7. The Kier molecular flexibility index (Phi) is 6.11. The standard InChI is InChI=1S/C19H21FN2O3/c1-13(16-5-3-4-6-17(16)20)22(2)19(24)12-25-15-9-7-14(8-10-15)11-18(21)23/h3-10,13H,11-12H2,1-2H3,(H2,21,23)/t13-/m1/s1. The van der Waals surface area contributed by atoms with Crippen LogP contribution >= 0.6 is 0 Å². The fourth-order valence-electron chi connectivity index (χ4n) is 2.39. The molecule has 2 N–H and O–H groups in total. The van der Waals surface area contributed by atoms with Gasteiger partial charge < -0.3 is 15.4 Å². The zero-order chi connectivity index (χ0) is 18.4. The predicted molar refractivity (Wildman–Crippen MR) is 92.4 cm³/mol. The predicted octanol–water partition coefficient (Wildman–Crippen LogP) is 2.45. The van der Waals surface area contributed by atoms with E-state index in [0.717, 1.165) is 5.56 Å². The molecule has 132 valence electrons. The van der Waals surface area contributed by atoms with E-state index < -0.39 is 11.9 Å². The molecule has 0 aliphatic rings. The van der Waals surface area contributed by atoms with Crippen LogP contribution in [0.5, 0.6) is 5.75 Å². The van der Waals surface area contributed by atoms with Gasteiger partial charge >= 0.3 is 0 Å². The van der Waals surface area contributed by atoms with Gasteiger partial charge in [-0.25, -0.2) is 4.39 Å². The number of benzene rings is 2. The van der Waals surface area contributed by atoms with Gasteiger partial charge in [0.25, 0.3) is 5.91 Å². The number of amides is 2. The van der Waals surface area contributed by atoms with Gasteiger partial charge in [-0.3, -0.25) is 9.59 Å². The maximum Gasteiger partial charge on any atom is 0.260 e. The fourth-order valence-corrected chi connectivity index (χ4v) is 2.39. The molecule has 0 heterocycles. The minimum Gasteiger partial charge on any atom is -0.484 e. The molecule has 2 aromatic rings. The number of nitrogens with two attached hydrogens (primary N) is 1. The van der Waals surface area contributed by atoms with Crippen LogP contribution in [0.3, 0.4) is 0 Å². The Bertz CT molecular complexity index is 747. The Morgan fingerprint density at radius 2 is 1.80 bits per heavy atom. The van der Waals surface area contributed by atoms with E-state index in [9.17, 15) is 14.0 Å². The summed E-state index contributed by atoms with van der Waals surface area (Å²) in [4.78, 5) is 24.6. The Balaban J connectivity index is 1.93. The van der Waals surface area contributed by atoms with Crippen molar-refractivity contribution in [2.45, 2.75) is 19.4 Å². The van der Waals surface area contributed by atoms with Crippen LogP contribution in [-0.2, 0) is 16.0 Å². The largest absolute Gasteiger partial charge is 0.484 e. The van der Waals surface area contributed by atoms with Gasteiger partial charge in [0.05, 0.1) is 12.5 Å². The van der Waals surface area contributed by atoms with Crippen LogP contribution in [0.15, 0.2) is 48.5 Å². The molecule has 25 heavy (non-hydrogen) atoms. The van der Waals surface area contributed by atoms with E-state index in [0.29, 0.717) is 11.3 Å². The van der Waals surface area contributed by atoms with E-state index in [1.807, 2.05) is 0 Å². The normalized spacial score (nSPS) is 11.6. The van der Waals surface area contributed by atoms with Crippen LogP contribution in [-0.4, -0.2) is 30.4 Å². The quantitative estimate of drug-likeness (QED) is 0.838. The van der Waals surface area contributed by atoms with E-state index in [1.165, 1.54) is 11.0 Å². The molecule has 0 saturated carbocycles. The summed E-state index contributed by atoms with van der Waals surface area (Å²) < 4.78 is 19.3. The van der Waals surface area contributed by atoms with Crippen LogP contribution in [0.4, 0.5) is 4.39 Å². The molecule has 0 saturated heterocycles. The van der Waals surface area contributed by atoms with Crippen LogP contribution in [0, 0.1) is 5.82 Å². The monoisotopic (exact) mass is 344 g/mol. The van der Waals surface area contributed by atoms with Crippen LogP contribution in [0.1, 0.15) is 24.1 Å². The lowest BCUT2D eigenvalue weighted by atomic mass is 10.1. The maximum absolute atomic E-state index is 13.8. The second-order valence-corrected chi connectivity index (χ2v) is 5.78. The van der Waals surface area contributed by atoms with Gasteiger partial charge in [-0.2, -0.15) is 0 Å². The SMILES string of the molecule is C[C@H](c1ccccc1F)N(C)C(=O)COc1ccc(CC(N)=O)cc1. The molecule has 0 aliphatic carbocycles. The average Bonchev–Trinajstić information content (AvgIpc) is 2.59. The van der Waals surface area contributed by atoms with Crippen molar-refractivity contribution >= 4 is 11.8 Å². The molecule has 2 rings (SSSR count). The molecule has 0 bridgehead atoms. The Morgan fingerprint density at radius 3 is 2.40 bits per heavy atom. The van der Waals surface area contributed by atoms with Gasteiger partial charge in [0.2, 0.25) is 5.91 Å². The minimum atomic E-state index is -0.410. The average molecular weight is 344 g/mol. The first-order valence-corrected chi connectivity index (χ1v) is 7.88. The van der Waals surface area contributed by atoms with Crippen molar-refractivity contribution in [1.29, 1.82) is 0 Å². The number of likely N-dealkylation sites (N-methyl/N-ethyl adjacent to an activating group) is 1. The second-order valence-electron chi connectivity index (χ2n) is 5.78. The Hall–Kier alpha value is -2.89. The van der Waals surface area contributed by atoms with Gasteiger partial charge in [-0.1, -0.05) is 30.3 Å². The first-order valence-electron chi connectivity index (χ1n) is 7.88. The molecular weight excluding hydrogens is 323 g/mol. The lowest BCUT2D eigenvalue weighted by Crippen LogP contribution is -2.34. The van der Waals surface area contributed by atoms with Gasteiger partial charge in [-0.15, -0.1) is 0 Å². The summed E-state index contributed by atoms with van der Waals surface area (Å²) in [7, 11) is 1.61. The number of hydrogen-bond acceptors (Lipinski definition) is 3. The second kappa shape index (κ2) is 8.28. The lowest BCUT2D eigenvalue weighted by molar-refractivity contribution is -0.134. The molecule has 0 unspecified atom stereocenters. The van der Waals surface area contributed by atoms with Crippen LogP contribution < -0.4 is 10.5 Å². The number of primary amides is 1. The van der Waals surface area contributed by atoms with E-state index in [1.54, 1.807) is 56.4 Å². The summed E-state index contributed by atoms with van der Waals surface area (Å²) in [5.41, 5.74) is 6.36. The zero-order valence-electron chi connectivity index (χ0n) is 14.2. The first-order chi connectivity index (χ1) is 11.9.